The topological polar surface area (TPSA) is 167 Å². The van der Waals surface area contributed by atoms with Crippen LogP contribution in [0, 0.1) is 6.92 Å². The standard InChI is InChI=1S/C26H24N8O3S2/c1-17-23(24(27)34(31-17)20-12-14-21(15-13-20)39(28,36)37)25-29-30-26(33(25)19-10-6-3-7-11-19)38-16-22(32-35)18-8-4-2-5-9-18/h2-15,35H,16,27H2,1H3,(H2,28,36,37)/b32-22+. The lowest BCUT2D eigenvalue weighted by Gasteiger charge is -2.11. The molecule has 0 unspecified atom stereocenters. The highest BCUT2D eigenvalue weighted by Crippen LogP contribution is 2.34. The van der Waals surface area contributed by atoms with Crippen LogP contribution in [-0.2, 0) is 10.0 Å². The molecule has 0 spiro atoms. The molecule has 0 bridgehead atoms. The lowest BCUT2D eigenvalue weighted by Crippen LogP contribution is -2.12. The Morgan fingerprint density at radius 3 is 2.21 bits per heavy atom. The van der Waals surface area contributed by atoms with Gasteiger partial charge in [-0.05, 0) is 43.3 Å². The average molecular weight is 561 g/mol. The number of hydrogen-bond acceptors (Lipinski definition) is 9. The second kappa shape index (κ2) is 10.7. The number of nitrogens with zero attached hydrogens (tertiary/aromatic N) is 6. The van der Waals surface area contributed by atoms with Crippen molar-refractivity contribution in [3.05, 3.63) is 96.2 Å². The Hall–Kier alpha value is -4.46. The third-order valence-electron chi connectivity index (χ3n) is 5.94. The fourth-order valence-corrected chi connectivity index (χ4v) is 5.49. The van der Waals surface area contributed by atoms with E-state index in [0.29, 0.717) is 45.2 Å². The van der Waals surface area contributed by atoms with Gasteiger partial charge in [0, 0.05) is 17.0 Å². The first-order valence-corrected chi connectivity index (χ1v) is 14.2. The van der Waals surface area contributed by atoms with Gasteiger partial charge in [-0.25, -0.2) is 18.2 Å². The van der Waals surface area contributed by atoms with E-state index in [2.05, 4.69) is 20.5 Å². The number of sulfonamides is 1. The van der Waals surface area contributed by atoms with Crippen molar-refractivity contribution < 1.29 is 13.6 Å². The zero-order valence-corrected chi connectivity index (χ0v) is 22.3. The molecule has 5 N–H and O–H groups in total. The molecule has 11 nitrogen and oxygen atoms in total. The highest BCUT2D eigenvalue weighted by molar-refractivity contribution is 7.99. The first kappa shape index (κ1) is 26.2. The fourth-order valence-electron chi connectivity index (χ4n) is 4.06. The fraction of sp³-hybridized carbons (Fsp3) is 0.0769. The zero-order chi connectivity index (χ0) is 27.6. The van der Waals surface area contributed by atoms with Crippen LogP contribution in [0.4, 0.5) is 5.82 Å². The normalized spacial score (nSPS) is 12.1. The zero-order valence-electron chi connectivity index (χ0n) is 20.7. The maximum absolute atomic E-state index is 11.7. The van der Waals surface area contributed by atoms with E-state index in [0.717, 1.165) is 11.3 Å². The minimum absolute atomic E-state index is 0.0132. The van der Waals surface area contributed by atoms with Crippen LogP contribution in [0.15, 0.2) is 100 Å². The smallest absolute Gasteiger partial charge is 0.238 e. The van der Waals surface area contributed by atoms with Crippen LogP contribution in [0.5, 0.6) is 0 Å². The minimum atomic E-state index is -3.83. The Balaban J connectivity index is 1.56. The van der Waals surface area contributed by atoms with Gasteiger partial charge in [0.25, 0.3) is 0 Å². The van der Waals surface area contributed by atoms with Crippen LogP contribution in [0.25, 0.3) is 22.8 Å². The lowest BCUT2D eigenvalue weighted by atomic mass is 10.1. The van der Waals surface area contributed by atoms with Crippen molar-refractivity contribution in [3.63, 3.8) is 0 Å². The van der Waals surface area contributed by atoms with Gasteiger partial charge in [-0.2, -0.15) is 5.10 Å². The van der Waals surface area contributed by atoms with Crippen molar-refractivity contribution in [2.45, 2.75) is 17.0 Å². The Morgan fingerprint density at radius 1 is 0.949 bits per heavy atom. The molecule has 0 amide bonds. The molecule has 0 radical (unpaired) electrons. The summed E-state index contributed by atoms with van der Waals surface area (Å²) in [4.78, 5) is -0.0132. The molecule has 0 fully saturated rings. The number of benzene rings is 3. The molecule has 13 heteroatoms. The monoisotopic (exact) mass is 560 g/mol. The summed E-state index contributed by atoms with van der Waals surface area (Å²) < 4.78 is 26.7. The van der Waals surface area contributed by atoms with Crippen molar-refractivity contribution in [1.82, 2.24) is 24.5 Å². The van der Waals surface area contributed by atoms with E-state index in [1.54, 1.807) is 12.1 Å². The number of primary sulfonamides is 1. The molecule has 198 valence electrons. The van der Waals surface area contributed by atoms with Gasteiger partial charge in [-0.3, -0.25) is 4.57 Å². The summed E-state index contributed by atoms with van der Waals surface area (Å²) in [6.45, 7) is 1.81. The Kier molecular flexibility index (Phi) is 7.19. The molecule has 39 heavy (non-hydrogen) atoms. The highest BCUT2D eigenvalue weighted by Gasteiger charge is 2.24. The molecule has 0 aliphatic heterocycles. The Labute approximate surface area is 228 Å². The van der Waals surface area contributed by atoms with Crippen LogP contribution in [0.3, 0.4) is 0 Å². The number of oxime groups is 1. The highest BCUT2D eigenvalue weighted by atomic mass is 32.2. The summed E-state index contributed by atoms with van der Waals surface area (Å²) in [7, 11) is -3.83. The van der Waals surface area contributed by atoms with Crippen molar-refractivity contribution in [3.8, 4) is 22.8 Å². The van der Waals surface area contributed by atoms with Gasteiger partial charge in [0.1, 0.15) is 5.82 Å². The van der Waals surface area contributed by atoms with Crippen LogP contribution in [0.1, 0.15) is 11.3 Å². The quantitative estimate of drug-likeness (QED) is 0.112. The van der Waals surface area contributed by atoms with Gasteiger partial charge in [0.2, 0.25) is 10.0 Å². The van der Waals surface area contributed by atoms with E-state index in [1.807, 2.05) is 72.2 Å². The van der Waals surface area contributed by atoms with Crippen LogP contribution < -0.4 is 10.9 Å². The second-order valence-electron chi connectivity index (χ2n) is 8.47. The molecule has 0 aliphatic rings. The SMILES string of the molecule is Cc1nn(-c2ccc(S(N)(=O)=O)cc2)c(N)c1-c1nnc(SC/C(=N\O)c2ccccc2)n1-c1ccccc1. The number of hydrogen-bond donors (Lipinski definition) is 3. The van der Waals surface area contributed by atoms with Crippen LogP contribution >= 0.6 is 11.8 Å². The largest absolute Gasteiger partial charge is 0.411 e. The van der Waals surface area contributed by atoms with Crippen molar-refractivity contribution >= 4 is 33.3 Å². The first-order valence-electron chi connectivity index (χ1n) is 11.7. The lowest BCUT2D eigenvalue weighted by molar-refractivity contribution is 0.319. The van der Waals surface area contributed by atoms with Gasteiger partial charge in [-0.15, -0.1) is 10.2 Å². The van der Waals surface area contributed by atoms with Crippen molar-refractivity contribution in [2.24, 2.45) is 10.3 Å². The molecule has 5 rings (SSSR count). The van der Waals surface area contributed by atoms with E-state index in [9.17, 15) is 13.6 Å². The van der Waals surface area contributed by atoms with E-state index in [-0.39, 0.29) is 4.90 Å². The van der Waals surface area contributed by atoms with Crippen molar-refractivity contribution in [1.29, 1.82) is 0 Å². The van der Waals surface area contributed by atoms with Gasteiger partial charge < -0.3 is 10.9 Å². The molecular formula is C26H24N8O3S2. The minimum Gasteiger partial charge on any atom is -0.411 e. The summed E-state index contributed by atoms with van der Waals surface area (Å²) in [5.74, 6) is 1.13. The molecule has 0 saturated carbocycles. The number of anilines is 1. The molecule has 5 aromatic rings. The third kappa shape index (κ3) is 5.27. The molecule has 0 aliphatic carbocycles. The van der Waals surface area contributed by atoms with Gasteiger partial charge in [-0.1, -0.05) is 65.4 Å². The summed E-state index contributed by atoms with van der Waals surface area (Å²) >= 11 is 1.37. The maximum atomic E-state index is 11.7. The summed E-state index contributed by atoms with van der Waals surface area (Å²) in [6, 6.07) is 24.9. The number of thioether (sulfide) groups is 1. The summed E-state index contributed by atoms with van der Waals surface area (Å²) in [5.41, 5.74) is 10.4. The molecule has 2 aromatic heterocycles. The molecule has 2 heterocycles. The molecular weight excluding hydrogens is 536 g/mol. The molecule has 3 aromatic carbocycles. The summed E-state index contributed by atoms with van der Waals surface area (Å²) in [5, 5.41) is 32.4. The van der Waals surface area contributed by atoms with E-state index in [4.69, 9.17) is 10.9 Å². The van der Waals surface area contributed by atoms with Gasteiger partial charge in [0.05, 0.1) is 27.6 Å². The molecule has 0 atom stereocenters. The second-order valence-corrected chi connectivity index (χ2v) is 11.0. The average Bonchev–Trinajstić information content (AvgIpc) is 3.49. The number of para-hydroxylation sites is 1. The number of nitrogens with two attached hydrogens (primary N) is 2. The van der Waals surface area contributed by atoms with Crippen LogP contribution in [-0.4, -0.2) is 49.6 Å². The van der Waals surface area contributed by atoms with E-state index >= 15 is 0 Å². The van der Waals surface area contributed by atoms with Gasteiger partial charge >= 0.3 is 0 Å². The first-order chi connectivity index (χ1) is 18.8. The number of rotatable bonds is 8. The predicted molar refractivity (Wildman–Crippen MR) is 150 cm³/mol. The molecule has 0 saturated heterocycles. The number of nitrogen functional groups attached to an aromatic ring is 1. The predicted octanol–water partition coefficient (Wildman–Crippen LogP) is 3.63. The van der Waals surface area contributed by atoms with E-state index < -0.39 is 10.0 Å². The number of aromatic nitrogens is 5. The van der Waals surface area contributed by atoms with Gasteiger partial charge in [0.15, 0.2) is 11.0 Å². The maximum Gasteiger partial charge on any atom is 0.238 e. The van der Waals surface area contributed by atoms with Crippen LogP contribution in [0.2, 0.25) is 0 Å². The summed E-state index contributed by atoms with van der Waals surface area (Å²) in [6.07, 6.45) is 0. The third-order valence-corrected chi connectivity index (χ3v) is 7.81. The van der Waals surface area contributed by atoms with Crippen molar-refractivity contribution in [2.75, 3.05) is 11.5 Å². The Morgan fingerprint density at radius 2 is 1.59 bits per heavy atom. The van der Waals surface area contributed by atoms with E-state index in [1.165, 1.54) is 28.6 Å². The number of aryl methyl sites for hydroxylation is 1. The Bertz CT molecular complexity index is 1750.